The molecule has 4 rings (SSSR count). The maximum atomic E-state index is 13.4. The molecule has 27 heavy (non-hydrogen) atoms. The molecule has 2 heterocycles. The van der Waals surface area contributed by atoms with Gasteiger partial charge in [0, 0.05) is 18.7 Å². The molecule has 0 aliphatic rings. The Morgan fingerprint density at radius 3 is 2.37 bits per heavy atom. The molecule has 0 spiro atoms. The lowest BCUT2D eigenvalue weighted by molar-refractivity contribution is 0.0750. The van der Waals surface area contributed by atoms with Crippen molar-refractivity contribution in [1.29, 1.82) is 0 Å². The smallest absolute Gasteiger partial charge is 0.198 e. The molecule has 0 saturated carbocycles. The van der Waals surface area contributed by atoms with E-state index in [4.69, 9.17) is 14.7 Å². The minimum atomic E-state index is -0.270. The number of hydrogen-bond acceptors (Lipinski definition) is 4. The predicted molar refractivity (Wildman–Crippen MR) is 104 cm³/mol. The van der Waals surface area contributed by atoms with E-state index in [1.807, 2.05) is 42.7 Å². The number of ether oxygens (including phenoxy) is 1. The van der Waals surface area contributed by atoms with Crippen LogP contribution >= 0.6 is 0 Å². The Morgan fingerprint density at radius 2 is 1.67 bits per heavy atom. The molecular formula is C21H21FN4O. The molecule has 4 aromatic rings. The number of halogens is 1. The van der Waals surface area contributed by atoms with Crippen LogP contribution in [0.5, 0.6) is 0 Å². The SMILES string of the molecule is CC(C)OCCCn1c(-c2ccc(F)cc2)nc2nc3ccccc3nc21. The third-order valence-corrected chi connectivity index (χ3v) is 4.34. The van der Waals surface area contributed by atoms with E-state index < -0.39 is 0 Å². The summed E-state index contributed by atoms with van der Waals surface area (Å²) < 4.78 is 21.1. The zero-order chi connectivity index (χ0) is 18.8. The molecule has 2 aromatic heterocycles. The number of aryl methyl sites for hydroxylation is 1. The van der Waals surface area contributed by atoms with Crippen molar-refractivity contribution in [2.24, 2.45) is 0 Å². The van der Waals surface area contributed by atoms with Crippen LogP contribution in [0.25, 0.3) is 33.7 Å². The van der Waals surface area contributed by atoms with Gasteiger partial charge in [-0.3, -0.25) is 0 Å². The molecule has 0 saturated heterocycles. The van der Waals surface area contributed by atoms with Crippen LogP contribution in [0.4, 0.5) is 4.39 Å². The number of aromatic nitrogens is 4. The largest absolute Gasteiger partial charge is 0.379 e. The third kappa shape index (κ3) is 3.66. The van der Waals surface area contributed by atoms with E-state index in [0.717, 1.165) is 34.5 Å². The number of benzene rings is 2. The molecule has 0 fully saturated rings. The average molecular weight is 364 g/mol. The van der Waals surface area contributed by atoms with Crippen molar-refractivity contribution in [3.8, 4) is 11.4 Å². The summed E-state index contributed by atoms with van der Waals surface area (Å²) in [5, 5.41) is 0. The lowest BCUT2D eigenvalue weighted by Crippen LogP contribution is -2.08. The highest BCUT2D eigenvalue weighted by Gasteiger charge is 2.16. The number of fused-ring (bicyclic) bond motifs is 2. The van der Waals surface area contributed by atoms with E-state index in [9.17, 15) is 4.39 Å². The summed E-state index contributed by atoms with van der Waals surface area (Å²) in [6.45, 7) is 5.40. The second-order valence-corrected chi connectivity index (χ2v) is 6.73. The van der Waals surface area contributed by atoms with Crippen LogP contribution in [0.3, 0.4) is 0 Å². The molecule has 0 bridgehead atoms. The highest BCUT2D eigenvalue weighted by atomic mass is 19.1. The first-order valence-corrected chi connectivity index (χ1v) is 9.12. The summed E-state index contributed by atoms with van der Waals surface area (Å²) in [5.41, 5.74) is 3.80. The summed E-state index contributed by atoms with van der Waals surface area (Å²) in [7, 11) is 0. The minimum absolute atomic E-state index is 0.199. The molecule has 0 amide bonds. The van der Waals surface area contributed by atoms with Crippen molar-refractivity contribution >= 4 is 22.3 Å². The van der Waals surface area contributed by atoms with E-state index in [1.54, 1.807) is 12.1 Å². The van der Waals surface area contributed by atoms with Crippen molar-refractivity contribution < 1.29 is 9.13 Å². The van der Waals surface area contributed by atoms with Gasteiger partial charge in [0.2, 0.25) is 0 Å². The Labute approximate surface area is 156 Å². The Balaban J connectivity index is 1.80. The van der Waals surface area contributed by atoms with Crippen LogP contribution in [0.2, 0.25) is 0 Å². The summed E-state index contributed by atoms with van der Waals surface area (Å²) in [6.07, 6.45) is 1.02. The van der Waals surface area contributed by atoms with Crippen molar-refractivity contribution in [2.75, 3.05) is 6.61 Å². The highest BCUT2D eigenvalue weighted by molar-refractivity contribution is 5.84. The fourth-order valence-corrected chi connectivity index (χ4v) is 3.07. The van der Waals surface area contributed by atoms with Crippen LogP contribution in [0.1, 0.15) is 20.3 Å². The fraction of sp³-hybridized carbons (Fsp3) is 0.286. The van der Waals surface area contributed by atoms with E-state index in [-0.39, 0.29) is 11.9 Å². The molecule has 0 aliphatic carbocycles. The normalized spacial score (nSPS) is 11.7. The van der Waals surface area contributed by atoms with Crippen LogP contribution in [-0.4, -0.2) is 32.2 Å². The zero-order valence-electron chi connectivity index (χ0n) is 15.4. The Morgan fingerprint density at radius 1 is 0.963 bits per heavy atom. The lowest BCUT2D eigenvalue weighted by atomic mass is 10.2. The molecular weight excluding hydrogens is 343 g/mol. The molecule has 0 aliphatic heterocycles. The number of hydrogen-bond donors (Lipinski definition) is 0. The Bertz CT molecular complexity index is 1070. The molecule has 0 N–H and O–H groups in total. The summed E-state index contributed by atoms with van der Waals surface area (Å²) in [6, 6.07) is 14.1. The quantitative estimate of drug-likeness (QED) is 0.469. The topological polar surface area (TPSA) is 52.8 Å². The second kappa shape index (κ2) is 7.40. The Hall–Kier alpha value is -2.86. The first kappa shape index (κ1) is 17.5. The van der Waals surface area contributed by atoms with Crippen molar-refractivity contribution in [3.05, 3.63) is 54.3 Å². The molecule has 2 aromatic carbocycles. The standard InChI is InChI=1S/C21H21FN4O/c1-14(2)27-13-5-12-26-20(15-8-10-16(22)11-9-15)25-19-21(26)24-18-7-4-3-6-17(18)23-19/h3-4,6-11,14H,5,12-13H2,1-2H3. The van der Waals surface area contributed by atoms with Gasteiger partial charge in [0.1, 0.15) is 11.6 Å². The van der Waals surface area contributed by atoms with E-state index in [1.165, 1.54) is 12.1 Å². The molecule has 0 radical (unpaired) electrons. The minimum Gasteiger partial charge on any atom is -0.379 e. The van der Waals surface area contributed by atoms with E-state index in [0.29, 0.717) is 18.8 Å². The highest BCUT2D eigenvalue weighted by Crippen LogP contribution is 2.25. The Kier molecular flexibility index (Phi) is 4.81. The van der Waals surface area contributed by atoms with Crippen LogP contribution in [-0.2, 0) is 11.3 Å². The molecule has 5 nitrogen and oxygen atoms in total. The number of para-hydroxylation sites is 2. The van der Waals surface area contributed by atoms with Gasteiger partial charge in [-0.25, -0.2) is 19.3 Å². The van der Waals surface area contributed by atoms with Gasteiger partial charge >= 0.3 is 0 Å². The number of rotatable bonds is 6. The van der Waals surface area contributed by atoms with Gasteiger partial charge in [0.15, 0.2) is 11.3 Å². The monoisotopic (exact) mass is 364 g/mol. The van der Waals surface area contributed by atoms with Gasteiger partial charge in [0.05, 0.1) is 17.1 Å². The third-order valence-electron chi connectivity index (χ3n) is 4.34. The number of imidazole rings is 1. The zero-order valence-corrected chi connectivity index (χ0v) is 15.4. The summed E-state index contributed by atoms with van der Waals surface area (Å²) in [4.78, 5) is 14.1. The summed E-state index contributed by atoms with van der Waals surface area (Å²) >= 11 is 0. The fourth-order valence-electron chi connectivity index (χ4n) is 3.07. The van der Waals surface area contributed by atoms with Gasteiger partial charge in [-0.1, -0.05) is 12.1 Å². The van der Waals surface area contributed by atoms with E-state index in [2.05, 4.69) is 4.98 Å². The van der Waals surface area contributed by atoms with Gasteiger partial charge in [0.25, 0.3) is 0 Å². The van der Waals surface area contributed by atoms with Crippen LogP contribution in [0.15, 0.2) is 48.5 Å². The maximum absolute atomic E-state index is 13.4. The number of nitrogens with zero attached hydrogens (tertiary/aromatic N) is 4. The second-order valence-electron chi connectivity index (χ2n) is 6.73. The average Bonchev–Trinajstić information content (AvgIpc) is 3.01. The van der Waals surface area contributed by atoms with Crippen molar-refractivity contribution in [2.45, 2.75) is 32.9 Å². The molecule has 0 atom stereocenters. The molecule has 6 heteroatoms. The van der Waals surface area contributed by atoms with Crippen LogP contribution < -0.4 is 0 Å². The first-order chi connectivity index (χ1) is 13.1. The van der Waals surface area contributed by atoms with E-state index >= 15 is 0 Å². The van der Waals surface area contributed by atoms with Crippen molar-refractivity contribution in [1.82, 2.24) is 19.5 Å². The molecule has 0 unspecified atom stereocenters. The predicted octanol–water partition coefficient (Wildman–Crippen LogP) is 4.60. The van der Waals surface area contributed by atoms with Crippen molar-refractivity contribution in [3.63, 3.8) is 0 Å². The van der Waals surface area contributed by atoms with Crippen LogP contribution in [0, 0.1) is 5.82 Å². The lowest BCUT2D eigenvalue weighted by Gasteiger charge is -2.11. The van der Waals surface area contributed by atoms with Gasteiger partial charge < -0.3 is 9.30 Å². The van der Waals surface area contributed by atoms with Gasteiger partial charge in [-0.2, -0.15) is 0 Å². The first-order valence-electron chi connectivity index (χ1n) is 9.12. The molecule has 138 valence electrons. The maximum Gasteiger partial charge on any atom is 0.198 e. The van der Waals surface area contributed by atoms with Gasteiger partial charge in [-0.05, 0) is 56.7 Å². The van der Waals surface area contributed by atoms with Gasteiger partial charge in [-0.15, -0.1) is 0 Å². The summed E-state index contributed by atoms with van der Waals surface area (Å²) in [5.74, 6) is 0.471.